The lowest BCUT2D eigenvalue weighted by Gasteiger charge is -2.11. The molecule has 0 amide bonds. The lowest BCUT2D eigenvalue weighted by Crippen LogP contribution is -2.20. The zero-order valence-electron chi connectivity index (χ0n) is 13.9. The van der Waals surface area contributed by atoms with Gasteiger partial charge in [0.25, 0.3) is 5.69 Å². The molecule has 2 aromatic rings. The predicted octanol–water partition coefficient (Wildman–Crippen LogP) is 3.02. The molecule has 25 heavy (non-hydrogen) atoms. The highest BCUT2D eigenvalue weighted by Crippen LogP contribution is 2.22. The summed E-state index contributed by atoms with van der Waals surface area (Å²) in [5.41, 5.74) is 1.91. The molecule has 130 valence electrons. The number of hydrogen-bond acceptors (Lipinski definition) is 6. The van der Waals surface area contributed by atoms with Crippen LogP contribution in [0, 0.1) is 24.0 Å². The number of hydrogen-bond donors (Lipinski definition) is 0. The van der Waals surface area contributed by atoms with Gasteiger partial charge in [0.15, 0.2) is 19.0 Å². The van der Waals surface area contributed by atoms with Crippen LogP contribution in [-0.4, -0.2) is 29.9 Å². The number of esters is 1. The molecule has 0 heterocycles. The SMILES string of the molecule is Cc1cccc(C)c1OCC(=O)OCC(=O)c1ccc([N+](=O)[O-])cc1. The molecule has 0 atom stereocenters. The minimum Gasteiger partial charge on any atom is -0.481 e. The largest absolute Gasteiger partial charge is 0.481 e. The van der Waals surface area contributed by atoms with E-state index in [9.17, 15) is 19.7 Å². The van der Waals surface area contributed by atoms with Crippen molar-refractivity contribution < 1.29 is 24.0 Å². The van der Waals surface area contributed by atoms with Crippen LogP contribution >= 0.6 is 0 Å². The number of para-hydroxylation sites is 1. The summed E-state index contributed by atoms with van der Waals surface area (Å²) in [5.74, 6) is -0.505. The maximum atomic E-state index is 11.9. The zero-order chi connectivity index (χ0) is 18.4. The molecule has 2 rings (SSSR count). The fourth-order valence-electron chi connectivity index (χ4n) is 2.20. The number of nitro groups is 1. The molecular formula is C18H17NO6. The second kappa shape index (κ2) is 8.05. The fraction of sp³-hybridized carbons (Fsp3) is 0.222. The van der Waals surface area contributed by atoms with Gasteiger partial charge in [-0.1, -0.05) is 18.2 Å². The zero-order valence-corrected chi connectivity index (χ0v) is 13.9. The molecule has 7 nitrogen and oxygen atoms in total. The number of carbonyl (C=O) groups excluding carboxylic acids is 2. The third-order valence-corrected chi connectivity index (χ3v) is 3.51. The second-order valence-electron chi connectivity index (χ2n) is 5.40. The molecule has 0 unspecified atom stereocenters. The van der Waals surface area contributed by atoms with E-state index in [0.29, 0.717) is 5.75 Å². The highest BCUT2D eigenvalue weighted by molar-refractivity contribution is 5.98. The number of ether oxygens (including phenoxy) is 2. The Labute approximate surface area is 144 Å². The third-order valence-electron chi connectivity index (χ3n) is 3.51. The third kappa shape index (κ3) is 4.87. The van der Waals surface area contributed by atoms with Gasteiger partial charge in [-0.05, 0) is 37.1 Å². The van der Waals surface area contributed by atoms with Crippen molar-refractivity contribution in [3.63, 3.8) is 0 Å². The monoisotopic (exact) mass is 343 g/mol. The van der Waals surface area contributed by atoms with Crippen molar-refractivity contribution in [1.82, 2.24) is 0 Å². The highest BCUT2D eigenvalue weighted by atomic mass is 16.6. The van der Waals surface area contributed by atoms with E-state index in [4.69, 9.17) is 9.47 Å². The van der Waals surface area contributed by atoms with Crippen molar-refractivity contribution in [1.29, 1.82) is 0 Å². The topological polar surface area (TPSA) is 95.7 Å². The van der Waals surface area contributed by atoms with Gasteiger partial charge in [-0.2, -0.15) is 0 Å². The van der Waals surface area contributed by atoms with Gasteiger partial charge in [0, 0.05) is 17.7 Å². The van der Waals surface area contributed by atoms with E-state index in [1.54, 1.807) is 0 Å². The molecule has 0 fully saturated rings. The number of aryl methyl sites for hydroxylation is 2. The Morgan fingerprint density at radius 3 is 2.16 bits per heavy atom. The molecule has 0 aliphatic heterocycles. The number of non-ortho nitro benzene ring substituents is 1. The van der Waals surface area contributed by atoms with Crippen LogP contribution in [0.1, 0.15) is 21.5 Å². The molecule has 0 saturated heterocycles. The molecule has 0 radical (unpaired) electrons. The Morgan fingerprint density at radius 1 is 1.00 bits per heavy atom. The first-order chi connectivity index (χ1) is 11.9. The van der Waals surface area contributed by atoms with Crippen molar-refractivity contribution in [3.8, 4) is 5.75 Å². The van der Waals surface area contributed by atoms with E-state index in [2.05, 4.69) is 0 Å². The Hall–Kier alpha value is -3.22. The first-order valence-electron chi connectivity index (χ1n) is 7.51. The maximum absolute atomic E-state index is 11.9. The van der Waals surface area contributed by atoms with Crippen molar-refractivity contribution in [2.75, 3.05) is 13.2 Å². The van der Waals surface area contributed by atoms with Crippen LogP contribution < -0.4 is 4.74 Å². The average Bonchev–Trinajstić information content (AvgIpc) is 2.59. The van der Waals surface area contributed by atoms with Gasteiger partial charge in [0.2, 0.25) is 0 Å². The van der Waals surface area contributed by atoms with Crippen molar-refractivity contribution in [2.45, 2.75) is 13.8 Å². The van der Waals surface area contributed by atoms with Gasteiger partial charge >= 0.3 is 5.97 Å². The van der Waals surface area contributed by atoms with Crippen LogP contribution in [0.2, 0.25) is 0 Å². The molecule has 7 heteroatoms. The summed E-state index contributed by atoms with van der Waals surface area (Å²) in [4.78, 5) is 33.7. The number of nitro benzene ring substituents is 1. The number of rotatable bonds is 7. The fourth-order valence-corrected chi connectivity index (χ4v) is 2.20. The van der Waals surface area contributed by atoms with E-state index in [0.717, 1.165) is 11.1 Å². The number of nitrogens with zero attached hydrogens (tertiary/aromatic N) is 1. The van der Waals surface area contributed by atoms with Gasteiger partial charge in [0.1, 0.15) is 5.75 Å². The first kappa shape index (κ1) is 18.1. The van der Waals surface area contributed by atoms with Gasteiger partial charge < -0.3 is 9.47 Å². The number of carbonyl (C=O) groups is 2. The van der Waals surface area contributed by atoms with Gasteiger partial charge in [-0.15, -0.1) is 0 Å². The molecule has 0 spiro atoms. The van der Waals surface area contributed by atoms with E-state index >= 15 is 0 Å². The standard InChI is InChI=1S/C18H17NO6/c1-12-4-3-5-13(2)18(12)25-11-17(21)24-10-16(20)14-6-8-15(9-7-14)19(22)23/h3-9H,10-11H2,1-2H3. The average molecular weight is 343 g/mol. The van der Waals surface area contributed by atoms with Crippen LogP contribution in [-0.2, 0) is 9.53 Å². The van der Waals surface area contributed by atoms with Crippen molar-refractivity contribution >= 4 is 17.4 Å². The number of benzene rings is 2. The molecule has 0 N–H and O–H groups in total. The van der Waals surface area contributed by atoms with Crippen LogP contribution in [0.4, 0.5) is 5.69 Å². The molecule has 0 aromatic heterocycles. The van der Waals surface area contributed by atoms with Crippen LogP contribution in [0.5, 0.6) is 5.75 Å². The summed E-state index contributed by atoms with van der Waals surface area (Å²) < 4.78 is 10.3. The lowest BCUT2D eigenvalue weighted by molar-refractivity contribution is -0.384. The minimum atomic E-state index is -0.669. The molecule has 0 saturated carbocycles. The summed E-state index contributed by atoms with van der Waals surface area (Å²) in [6.07, 6.45) is 0. The summed E-state index contributed by atoms with van der Waals surface area (Å²) in [6, 6.07) is 10.7. The van der Waals surface area contributed by atoms with Crippen LogP contribution in [0.15, 0.2) is 42.5 Å². The Morgan fingerprint density at radius 2 is 1.60 bits per heavy atom. The predicted molar refractivity (Wildman–Crippen MR) is 89.8 cm³/mol. The first-order valence-corrected chi connectivity index (χ1v) is 7.51. The smallest absolute Gasteiger partial charge is 0.344 e. The van der Waals surface area contributed by atoms with E-state index in [-0.39, 0.29) is 17.9 Å². The van der Waals surface area contributed by atoms with E-state index in [1.807, 2.05) is 32.0 Å². The molecule has 2 aromatic carbocycles. The Balaban J connectivity index is 1.85. The molecule has 0 aliphatic carbocycles. The summed E-state index contributed by atoms with van der Waals surface area (Å²) in [7, 11) is 0. The molecule has 0 bridgehead atoms. The quantitative estimate of drug-likeness (QED) is 0.332. The van der Waals surface area contributed by atoms with E-state index < -0.39 is 23.3 Å². The number of Topliss-reactive ketones (excluding diaryl/α,β-unsaturated/α-hetero) is 1. The Bertz CT molecular complexity index is 777. The second-order valence-corrected chi connectivity index (χ2v) is 5.40. The van der Waals surface area contributed by atoms with Gasteiger partial charge in [-0.25, -0.2) is 4.79 Å². The molecule has 0 aliphatic rings. The Kier molecular flexibility index (Phi) is 5.84. The minimum absolute atomic E-state index is 0.115. The summed E-state index contributed by atoms with van der Waals surface area (Å²) >= 11 is 0. The van der Waals surface area contributed by atoms with Gasteiger partial charge in [0.05, 0.1) is 4.92 Å². The van der Waals surface area contributed by atoms with Crippen LogP contribution in [0.25, 0.3) is 0 Å². The lowest BCUT2D eigenvalue weighted by atomic mass is 10.1. The highest BCUT2D eigenvalue weighted by Gasteiger charge is 2.13. The van der Waals surface area contributed by atoms with Crippen molar-refractivity contribution in [3.05, 3.63) is 69.3 Å². The van der Waals surface area contributed by atoms with Crippen LogP contribution in [0.3, 0.4) is 0 Å². The summed E-state index contributed by atoms with van der Waals surface area (Å²) in [6.45, 7) is 2.98. The van der Waals surface area contributed by atoms with Crippen molar-refractivity contribution in [2.24, 2.45) is 0 Å². The summed E-state index contributed by atoms with van der Waals surface area (Å²) in [5, 5.41) is 10.6. The molecular weight excluding hydrogens is 326 g/mol. The normalized spacial score (nSPS) is 10.2. The van der Waals surface area contributed by atoms with E-state index in [1.165, 1.54) is 24.3 Å². The maximum Gasteiger partial charge on any atom is 0.344 e. The number of ketones is 1. The van der Waals surface area contributed by atoms with Gasteiger partial charge in [-0.3, -0.25) is 14.9 Å².